The van der Waals surface area contributed by atoms with E-state index in [0.29, 0.717) is 23.5 Å². The Kier molecular flexibility index (Phi) is 6.81. The number of hydrogen-bond donors (Lipinski definition) is 0. The van der Waals surface area contributed by atoms with Crippen molar-refractivity contribution in [3.63, 3.8) is 0 Å². The standard InChI is InChI=1S/C24H30N4O3S2/c1-16-5-8-20(9-6-16)33(30,31)28-12-11-21-23(25-15-26-24(21)28)27(4)22-10-7-19(13-17(22)2)14-32-18(3)29/h5-6,8-9,11-12,15,17,19,22H,7,10,13-14H2,1-4H3. The highest BCUT2D eigenvalue weighted by molar-refractivity contribution is 8.13. The summed E-state index contributed by atoms with van der Waals surface area (Å²) in [6.45, 7) is 5.80. The molecule has 0 radical (unpaired) electrons. The summed E-state index contributed by atoms with van der Waals surface area (Å²) in [6, 6.07) is 8.90. The summed E-state index contributed by atoms with van der Waals surface area (Å²) in [5.41, 5.74) is 1.38. The minimum atomic E-state index is -3.76. The molecule has 0 N–H and O–H groups in total. The van der Waals surface area contributed by atoms with E-state index < -0.39 is 10.0 Å². The predicted molar refractivity (Wildman–Crippen MR) is 133 cm³/mol. The summed E-state index contributed by atoms with van der Waals surface area (Å²) in [7, 11) is -1.73. The van der Waals surface area contributed by atoms with Gasteiger partial charge in [-0.05, 0) is 56.2 Å². The zero-order chi connectivity index (χ0) is 23.8. The van der Waals surface area contributed by atoms with Crippen LogP contribution in [-0.2, 0) is 14.8 Å². The third-order valence-electron chi connectivity index (χ3n) is 6.59. The Hall–Kier alpha value is -2.39. The molecule has 1 saturated carbocycles. The van der Waals surface area contributed by atoms with Gasteiger partial charge in [-0.3, -0.25) is 4.79 Å². The summed E-state index contributed by atoms with van der Waals surface area (Å²) in [5.74, 6) is 2.61. The number of nitrogens with zero attached hydrogens (tertiary/aromatic N) is 4. The third-order valence-corrected chi connectivity index (χ3v) is 9.32. The van der Waals surface area contributed by atoms with Crippen LogP contribution in [0.4, 0.5) is 5.82 Å². The van der Waals surface area contributed by atoms with Gasteiger partial charge < -0.3 is 4.90 Å². The molecular formula is C24H30N4O3S2. The SMILES string of the molecule is CC(=O)SCC1CCC(N(C)c2ncnc3c2ccn3S(=O)(=O)c2ccc(C)cc2)C(C)C1. The van der Waals surface area contributed by atoms with Crippen molar-refractivity contribution in [2.24, 2.45) is 11.8 Å². The Labute approximate surface area is 199 Å². The predicted octanol–water partition coefficient (Wildman–Crippen LogP) is 4.50. The molecule has 9 heteroatoms. The molecule has 0 saturated heterocycles. The van der Waals surface area contributed by atoms with Crippen molar-refractivity contribution in [2.75, 3.05) is 17.7 Å². The fourth-order valence-corrected chi connectivity index (χ4v) is 6.90. The first-order chi connectivity index (χ1) is 15.7. The van der Waals surface area contributed by atoms with Gasteiger partial charge in [-0.25, -0.2) is 22.4 Å². The number of aryl methyl sites for hydroxylation is 1. The van der Waals surface area contributed by atoms with E-state index in [4.69, 9.17) is 0 Å². The van der Waals surface area contributed by atoms with Crippen LogP contribution in [0.2, 0.25) is 0 Å². The van der Waals surface area contributed by atoms with Crippen molar-refractivity contribution in [3.8, 4) is 0 Å². The molecule has 1 aromatic carbocycles. The molecule has 1 aliphatic carbocycles. The molecule has 0 bridgehead atoms. The van der Waals surface area contributed by atoms with E-state index in [1.54, 1.807) is 43.5 Å². The molecule has 0 aliphatic heterocycles. The van der Waals surface area contributed by atoms with Crippen molar-refractivity contribution >= 4 is 43.8 Å². The first-order valence-corrected chi connectivity index (χ1v) is 13.6. The number of carbonyl (C=O) groups excluding carboxylic acids is 1. The summed E-state index contributed by atoms with van der Waals surface area (Å²) < 4.78 is 27.8. The van der Waals surface area contributed by atoms with Gasteiger partial charge in [0.1, 0.15) is 12.1 Å². The van der Waals surface area contributed by atoms with Crippen LogP contribution < -0.4 is 4.90 Å². The summed E-state index contributed by atoms with van der Waals surface area (Å²) in [6.07, 6.45) is 6.14. The van der Waals surface area contributed by atoms with Gasteiger partial charge in [-0.1, -0.05) is 36.4 Å². The molecule has 2 heterocycles. The number of anilines is 1. The number of rotatable bonds is 6. The van der Waals surface area contributed by atoms with Crippen molar-refractivity contribution in [1.82, 2.24) is 13.9 Å². The van der Waals surface area contributed by atoms with Gasteiger partial charge in [0.05, 0.1) is 10.3 Å². The van der Waals surface area contributed by atoms with Crippen molar-refractivity contribution in [2.45, 2.75) is 51.0 Å². The van der Waals surface area contributed by atoms with Crippen LogP contribution in [0.25, 0.3) is 11.0 Å². The lowest BCUT2D eigenvalue weighted by Crippen LogP contribution is -2.41. The summed E-state index contributed by atoms with van der Waals surface area (Å²) in [5, 5.41) is 0.896. The molecule has 1 aliphatic rings. The second-order valence-corrected chi connectivity index (χ2v) is 12.0. The number of thioether (sulfide) groups is 1. The van der Waals surface area contributed by atoms with E-state index in [0.717, 1.165) is 41.8 Å². The maximum atomic E-state index is 13.3. The molecule has 0 amide bonds. The molecule has 3 aromatic rings. The average molecular weight is 487 g/mol. The fraction of sp³-hybridized carbons (Fsp3) is 0.458. The molecule has 2 aromatic heterocycles. The van der Waals surface area contributed by atoms with Gasteiger partial charge in [0, 0.05) is 32.0 Å². The minimum absolute atomic E-state index is 0.176. The first kappa shape index (κ1) is 23.8. The van der Waals surface area contributed by atoms with Gasteiger partial charge >= 0.3 is 0 Å². The zero-order valence-corrected chi connectivity index (χ0v) is 21.1. The van der Waals surface area contributed by atoms with Gasteiger partial charge in [-0.2, -0.15) is 0 Å². The van der Waals surface area contributed by atoms with Crippen LogP contribution in [0.1, 0.15) is 38.7 Å². The number of benzene rings is 1. The topological polar surface area (TPSA) is 85.2 Å². The molecule has 7 nitrogen and oxygen atoms in total. The highest BCUT2D eigenvalue weighted by atomic mass is 32.2. The molecule has 3 unspecified atom stereocenters. The molecule has 0 spiro atoms. The number of fused-ring (bicyclic) bond motifs is 1. The quantitative estimate of drug-likeness (QED) is 0.507. The van der Waals surface area contributed by atoms with Gasteiger partial charge in [0.15, 0.2) is 10.8 Å². The summed E-state index contributed by atoms with van der Waals surface area (Å²) in [4.78, 5) is 22.6. The Bertz CT molecular complexity index is 1250. The van der Waals surface area contributed by atoms with Crippen molar-refractivity contribution in [3.05, 3.63) is 48.4 Å². The van der Waals surface area contributed by atoms with E-state index in [1.807, 2.05) is 14.0 Å². The van der Waals surface area contributed by atoms with Crippen LogP contribution in [0, 0.1) is 18.8 Å². The van der Waals surface area contributed by atoms with E-state index in [1.165, 1.54) is 22.1 Å². The van der Waals surface area contributed by atoms with Gasteiger partial charge in [0.2, 0.25) is 0 Å². The smallest absolute Gasteiger partial charge is 0.269 e. The maximum Gasteiger partial charge on any atom is 0.269 e. The maximum absolute atomic E-state index is 13.3. The number of aromatic nitrogens is 3. The summed E-state index contributed by atoms with van der Waals surface area (Å²) >= 11 is 1.42. The Morgan fingerprint density at radius 3 is 2.58 bits per heavy atom. The van der Waals surface area contributed by atoms with Gasteiger partial charge in [-0.15, -0.1) is 0 Å². The lowest BCUT2D eigenvalue weighted by Gasteiger charge is -2.40. The third kappa shape index (κ3) is 4.80. The van der Waals surface area contributed by atoms with Crippen molar-refractivity contribution in [1.29, 1.82) is 0 Å². The van der Waals surface area contributed by atoms with E-state index >= 15 is 0 Å². The van der Waals surface area contributed by atoms with Crippen LogP contribution in [0.3, 0.4) is 0 Å². The van der Waals surface area contributed by atoms with Gasteiger partial charge in [0.25, 0.3) is 10.0 Å². The zero-order valence-electron chi connectivity index (χ0n) is 19.4. The molecule has 3 atom stereocenters. The van der Waals surface area contributed by atoms with Crippen LogP contribution >= 0.6 is 11.8 Å². The molecular weight excluding hydrogens is 456 g/mol. The second-order valence-electron chi connectivity index (χ2n) is 9.00. The monoisotopic (exact) mass is 486 g/mol. The van der Waals surface area contributed by atoms with E-state index in [2.05, 4.69) is 21.8 Å². The van der Waals surface area contributed by atoms with Crippen LogP contribution in [0.15, 0.2) is 47.8 Å². The Morgan fingerprint density at radius 1 is 1.18 bits per heavy atom. The molecule has 1 fully saturated rings. The largest absolute Gasteiger partial charge is 0.356 e. The van der Waals surface area contributed by atoms with E-state index in [-0.39, 0.29) is 10.0 Å². The van der Waals surface area contributed by atoms with Crippen LogP contribution in [0.5, 0.6) is 0 Å². The van der Waals surface area contributed by atoms with Crippen LogP contribution in [-0.4, -0.2) is 46.3 Å². The highest BCUT2D eigenvalue weighted by Gasteiger charge is 2.32. The number of carbonyl (C=O) groups is 1. The normalized spacial score (nSPS) is 21.3. The Balaban J connectivity index is 1.60. The first-order valence-electron chi connectivity index (χ1n) is 11.2. The lowest BCUT2D eigenvalue weighted by atomic mass is 9.79. The molecule has 33 heavy (non-hydrogen) atoms. The van der Waals surface area contributed by atoms with Crippen molar-refractivity contribution < 1.29 is 13.2 Å². The molecule has 4 rings (SSSR count). The lowest BCUT2D eigenvalue weighted by molar-refractivity contribution is -0.109. The minimum Gasteiger partial charge on any atom is -0.356 e. The Morgan fingerprint density at radius 2 is 1.91 bits per heavy atom. The highest BCUT2D eigenvalue weighted by Crippen LogP contribution is 2.37. The molecule has 176 valence electrons. The second kappa shape index (κ2) is 9.46. The number of hydrogen-bond acceptors (Lipinski definition) is 7. The fourth-order valence-electron chi connectivity index (χ4n) is 4.82. The van der Waals surface area contributed by atoms with E-state index in [9.17, 15) is 13.2 Å². The average Bonchev–Trinajstić information content (AvgIpc) is 3.23.